The molecule has 3 fully saturated rings. The largest absolute Gasteiger partial charge is 0.369 e. The monoisotopic (exact) mass is 353 g/mol. The summed E-state index contributed by atoms with van der Waals surface area (Å²) in [7, 11) is 0. The topological polar surface area (TPSA) is 44.3 Å². The number of rotatable bonds is 4. The molecule has 1 aromatic heterocycles. The molecule has 0 radical (unpaired) electrons. The van der Waals surface area contributed by atoms with E-state index in [1.54, 1.807) is 0 Å². The predicted molar refractivity (Wildman–Crippen MR) is 88.7 cm³/mol. The van der Waals surface area contributed by atoms with Gasteiger partial charge in [0.2, 0.25) is 0 Å². The van der Waals surface area contributed by atoms with Crippen LogP contribution in [0.2, 0.25) is 0 Å². The normalized spacial score (nSPS) is 28.1. The molecule has 1 unspecified atom stereocenters. The lowest BCUT2D eigenvalue weighted by Gasteiger charge is -2.46. The van der Waals surface area contributed by atoms with E-state index in [4.69, 9.17) is 9.97 Å². The second-order valence-electron chi connectivity index (χ2n) is 6.17. The summed E-state index contributed by atoms with van der Waals surface area (Å²) in [5, 5.41) is 3.36. The maximum atomic E-state index is 4.89. The Kier molecular flexibility index (Phi) is 4.47. The van der Waals surface area contributed by atoms with Crippen LogP contribution >= 0.6 is 15.9 Å². The van der Waals surface area contributed by atoms with Gasteiger partial charge in [0.1, 0.15) is 11.6 Å². The van der Waals surface area contributed by atoms with Crippen molar-refractivity contribution in [1.29, 1.82) is 0 Å². The second-order valence-corrected chi connectivity index (χ2v) is 6.96. The molecule has 116 valence electrons. The number of nitrogens with zero attached hydrogens (tertiary/aromatic N) is 4. The fourth-order valence-electron chi connectivity index (χ4n) is 3.16. The van der Waals surface area contributed by atoms with Gasteiger partial charge >= 0.3 is 0 Å². The highest BCUT2D eigenvalue weighted by molar-refractivity contribution is 9.10. The average Bonchev–Trinajstić information content (AvgIpc) is 2.50. The minimum Gasteiger partial charge on any atom is -0.369 e. The first-order chi connectivity index (χ1) is 10.1. The van der Waals surface area contributed by atoms with E-state index in [-0.39, 0.29) is 0 Å². The van der Waals surface area contributed by atoms with Crippen LogP contribution in [-0.4, -0.2) is 59.0 Å². The lowest BCUT2D eigenvalue weighted by Crippen LogP contribution is -2.57. The quantitative estimate of drug-likeness (QED) is 0.900. The summed E-state index contributed by atoms with van der Waals surface area (Å²) >= 11 is 3.67. The predicted octanol–water partition coefficient (Wildman–Crippen LogP) is 2.47. The zero-order chi connectivity index (χ0) is 15.0. The van der Waals surface area contributed by atoms with Crippen LogP contribution in [-0.2, 0) is 0 Å². The highest BCUT2D eigenvalue weighted by Gasteiger charge is 2.35. The maximum absolute atomic E-state index is 4.89. The molecule has 3 saturated heterocycles. The van der Waals surface area contributed by atoms with Crippen LogP contribution in [0.1, 0.15) is 44.2 Å². The third-order valence-corrected chi connectivity index (χ3v) is 5.14. The van der Waals surface area contributed by atoms with Crippen molar-refractivity contribution in [2.24, 2.45) is 0 Å². The van der Waals surface area contributed by atoms with E-state index < -0.39 is 0 Å². The Labute approximate surface area is 135 Å². The Morgan fingerprint density at radius 1 is 1.24 bits per heavy atom. The van der Waals surface area contributed by atoms with Crippen molar-refractivity contribution >= 4 is 21.7 Å². The number of anilines is 1. The van der Waals surface area contributed by atoms with Gasteiger partial charge in [-0.1, -0.05) is 13.8 Å². The minimum absolute atomic E-state index is 0.343. The fourth-order valence-corrected chi connectivity index (χ4v) is 3.94. The summed E-state index contributed by atoms with van der Waals surface area (Å²) in [5.41, 5.74) is 1.11. The number of piperazine rings is 3. The Balaban J connectivity index is 1.97. The molecule has 3 aliphatic heterocycles. The van der Waals surface area contributed by atoms with E-state index in [0.29, 0.717) is 12.0 Å². The summed E-state index contributed by atoms with van der Waals surface area (Å²) in [6.45, 7) is 13.0. The molecule has 5 nitrogen and oxygen atoms in total. The Bertz CT molecular complexity index is 511. The molecular weight excluding hydrogens is 330 g/mol. The lowest BCUT2D eigenvalue weighted by atomic mass is 10.1. The standard InChI is InChI=1S/C15H24BrN5/c1-4-17-15-12(16)13(10(2)3)18-14(19-15)11-9-20-5-7-21(11)8-6-20/h10-11H,4-9H2,1-3H3,(H,17,18,19). The molecule has 6 heteroatoms. The van der Waals surface area contributed by atoms with Crippen LogP contribution in [0.15, 0.2) is 4.47 Å². The van der Waals surface area contributed by atoms with Gasteiger partial charge in [-0.05, 0) is 28.8 Å². The number of fused-ring (bicyclic) bond motifs is 3. The molecule has 0 amide bonds. The lowest BCUT2D eigenvalue weighted by molar-refractivity contribution is 0.00858. The number of halogens is 1. The van der Waals surface area contributed by atoms with Gasteiger partial charge in [0.15, 0.2) is 0 Å². The summed E-state index contributed by atoms with van der Waals surface area (Å²) in [6, 6.07) is 0.343. The fraction of sp³-hybridized carbons (Fsp3) is 0.733. The summed E-state index contributed by atoms with van der Waals surface area (Å²) in [5.74, 6) is 2.29. The van der Waals surface area contributed by atoms with Crippen molar-refractivity contribution in [3.05, 3.63) is 16.0 Å². The van der Waals surface area contributed by atoms with Crippen molar-refractivity contribution in [1.82, 2.24) is 19.8 Å². The number of hydrogen-bond acceptors (Lipinski definition) is 5. The van der Waals surface area contributed by atoms with Crippen molar-refractivity contribution in [3.8, 4) is 0 Å². The van der Waals surface area contributed by atoms with Gasteiger partial charge in [-0.25, -0.2) is 9.97 Å². The van der Waals surface area contributed by atoms with Crippen molar-refractivity contribution in [2.45, 2.75) is 32.7 Å². The first-order valence-corrected chi connectivity index (χ1v) is 8.67. The van der Waals surface area contributed by atoms with Gasteiger partial charge in [0, 0.05) is 39.3 Å². The summed E-state index contributed by atoms with van der Waals surface area (Å²) in [6.07, 6.45) is 0. The van der Waals surface area contributed by atoms with Crippen LogP contribution in [0.5, 0.6) is 0 Å². The molecule has 0 aromatic carbocycles. The average molecular weight is 354 g/mol. The second kappa shape index (κ2) is 6.18. The van der Waals surface area contributed by atoms with Crippen molar-refractivity contribution < 1.29 is 0 Å². The van der Waals surface area contributed by atoms with Gasteiger partial charge in [0.25, 0.3) is 0 Å². The van der Waals surface area contributed by atoms with E-state index in [9.17, 15) is 0 Å². The third kappa shape index (κ3) is 2.94. The van der Waals surface area contributed by atoms with Gasteiger partial charge in [0.05, 0.1) is 16.2 Å². The van der Waals surface area contributed by atoms with Crippen LogP contribution in [0.3, 0.4) is 0 Å². The van der Waals surface area contributed by atoms with E-state index in [2.05, 4.69) is 51.8 Å². The van der Waals surface area contributed by atoms with Crippen LogP contribution in [0.25, 0.3) is 0 Å². The minimum atomic E-state index is 0.343. The van der Waals surface area contributed by atoms with E-state index in [1.807, 2.05) is 0 Å². The SMILES string of the molecule is CCNc1nc(C2CN3CCN2CC3)nc(C(C)C)c1Br. The van der Waals surface area contributed by atoms with E-state index in [0.717, 1.165) is 48.0 Å². The highest BCUT2D eigenvalue weighted by Crippen LogP contribution is 2.33. The van der Waals surface area contributed by atoms with E-state index >= 15 is 0 Å². The molecule has 2 bridgehead atoms. The zero-order valence-electron chi connectivity index (χ0n) is 13.1. The Morgan fingerprint density at radius 2 is 1.95 bits per heavy atom. The van der Waals surface area contributed by atoms with Gasteiger partial charge in [-0.2, -0.15) is 0 Å². The zero-order valence-corrected chi connectivity index (χ0v) is 14.7. The van der Waals surface area contributed by atoms with E-state index in [1.165, 1.54) is 13.1 Å². The number of aromatic nitrogens is 2. The molecule has 4 rings (SSSR count). The summed E-state index contributed by atoms with van der Waals surface area (Å²) in [4.78, 5) is 14.8. The first kappa shape index (κ1) is 15.2. The smallest absolute Gasteiger partial charge is 0.149 e. The molecule has 1 atom stereocenters. The molecule has 0 aliphatic carbocycles. The van der Waals surface area contributed by atoms with Gasteiger partial charge in [-0.3, -0.25) is 9.80 Å². The summed E-state index contributed by atoms with van der Waals surface area (Å²) < 4.78 is 1.01. The number of nitrogens with one attached hydrogen (secondary N) is 1. The first-order valence-electron chi connectivity index (χ1n) is 7.87. The molecule has 0 spiro atoms. The molecule has 1 N–H and O–H groups in total. The van der Waals surface area contributed by atoms with Crippen LogP contribution in [0, 0.1) is 0 Å². The molecule has 4 heterocycles. The van der Waals surface area contributed by atoms with Crippen molar-refractivity contribution in [3.63, 3.8) is 0 Å². The molecule has 21 heavy (non-hydrogen) atoms. The Hall–Kier alpha value is -0.720. The van der Waals surface area contributed by atoms with Gasteiger partial charge < -0.3 is 5.32 Å². The van der Waals surface area contributed by atoms with Gasteiger partial charge in [-0.15, -0.1) is 0 Å². The highest BCUT2D eigenvalue weighted by atomic mass is 79.9. The van der Waals surface area contributed by atoms with Crippen LogP contribution < -0.4 is 5.32 Å². The van der Waals surface area contributed by atoms with Crippen LogP contribution in [0.4, 0.5) is 5.82 Å². The molecular formula is C15H24BrN5. The Morgan fingerprint density at radius 3 is 2.48 bits per heavy atom. The number of hydrogen-bond donors (Lipinski definition) is 1. The maximum Gasteiger partial charge on any atom is 0.149 e. The molecule has 1 aromatic rings. The molecule has 0 saturated carbocycles. The van der Waals surface area contributed by atoms with Crippen molar-refractivity contribution in [2.75, 3.05) is 44.6 Å². The molecule has 3 aliphatic rings. The third-order valence-electron chi connectivity index (χ3n) is 4.36.